The molecule has 0 spiro atoms. The van der Waals surface area contributed by atoms with Crippen molar-refractivity contribution in [2.45, 2.75) is 30.3 Å². The van der Waals surface area contributed by atoms with Crippen LogP contribution in [0.15, 0.2) is 53.4 Å². The third-order valence-electron chi connectivity index (χ3n) is 5.58. The van der Waals surface area contributed by atoms with Gasteiger partial charge >= 0.3 is 6.18 Å². The molecule has 0 saturated carbocycles. The number of amides is 1. The molecule has 174 valence electrons. The lowest BCUT2D eigenvalue weighted by atomic mass is 9.96. The molecule has 0 aromatic heterocycles. The number of methoxy groups -OCH3 is 1. The molecule has 32 heavy (non-hydrogen) atoms. The Morgan fingerprint density at radius 3 is 2.06 bits per heavy atom. The minimum absolute atomic E-state index is 0.136. The van der Waals surface area contributed by atoms with Gasteiger partial charge in [-0.05, 0) is 47.9 Å². The number of hydrogen-bond donors (Lipinski definition) is 0. The average molecular weight is 471 g/mol. The molecule has 2 aromatic carbocycles. The molecule has 1 heterocycles. The summed E-state index contributed by atoms with van der Waals surface area (Å²) in [6.45, 7) is 2.65. The summed E-state index contributed by atoms with van der Waals surface area (Å²) in [5.74, 6) is 0.145. The van der Waals surface area contributed by atoms with Crippen molar-refractivity contribution in [2.24, 2.45) is 0 Å². The molecule has 1 aliphatic heterocycles. The number of hydrogen-bond acceptors (Lipinski definition) is 4. The first-order valence-electron chi connectivity index (χ1n) is 10.1. The maximum absolute atomic E-state index is 12.8. The summed E-state index contributed by atoms with van der Waals surface area (Å²) in [5.41, 5.74) is -0.0824. The van der Waals surface area contributed by atoms with Gasteiger partial charge in [0.1, 0.15) is 5.75 Å². The van der Waals surface area contributed by atoms with Gasteiger partial charge in [0.05, 0.1) is 17.6 Å². The van der Waals surface area contributed by atoms with E-state index in [0.717, 1.165) is 12.1 Å². The molecule has 0 aliphatic carbocycles. The molecule has 2 aromatic rings. The van der Waals surface area contributed by atoms with Gasteiger partial charge in [0, 0.05) is 32.6 Å². The molecule has 0 radical (unpaired) electrons. The maximum Gasteiger partial charge on any atom is 0.416 e. The summed E-state index contributed by atoms with van der Waals surface area (Å²) in [5, 5.41) is 0. The summed E-state index contributed by atoms with van der Waals surface area (Å²) < 4.78 is 70.2. The average Bonchev–Trinajstić information content (AvgIpc) is 2.78. The van der Waals surface area contributed by atoms with Crippen LogP contribution >= 0.6 is 0 Å². The minimum Gasteiger partial charge on any atom is -0.497 e. The van der Waals surface area contributed by atoms with Crippen molar-refractivity contribution in [1.29, 1.82) is 0 Å². The number of benzene rings is 2. The second-order valence-corrected chi connectivity index (χ2v) is 9.62. The van der Waals surface area contributed by atoms with Crippen LogP contribution < -0.4 is 4.74 Å². The number of halogens is 3. The van der Waals surface area contributed by atoms with Crippen molar-refractivity contribution in [3.8, 4) is 5.75 Å². The van der Waals surface area contributed by atoms with Crippen LogP contribution in [-0.4, -0.2) is 56.8 Å². The lowest BCUT2D eigenvalue weighted by molar-refractivity contribution is -0.137. The predicted octanol–water partition coefficient (Wildman–Crippen LogP) is 3.74. The summed E-state index contributed by atoms with van der Waals surface area (Å²) in [6, 6.07) is 10.9. The Bertz CT molecular complexity index is 1030. The van der Waals surface area contributed by atoms with Crippen LogP contribution in [0.25, 0.3) is 0 Å². The van der Waals surface area contributed by atoms with Gasteiger partial charge in [0.15, 0.2) is 0 Å². The quantitative estimate of drug-likeness (QED) is 0.645. The van der Waals surface area contributed by atoms with Crippen molar-refractivity contribution in [1.82, 2.24) is 9.21 Å². The van der Waals surface area contributed by atoms with E-state index < -0.39 is 21.8 Å². The standard InChI is InChI=1S/C22H25F3N2O4S/c1-16(17-3-5-18(6-4-17)22(23,24)25)15-21(28)26-11-13-27(14-12-26)32(29,30)20-9-7-19(31-2)8-10-20/h3-10,16H,11-15H2,1-2H3. The molecule has 6 nitrogen and oxygen atoms in total. The van der Waals surface area contributed by atoms with Crippen LogP contribution in [0.1, 0.15) is 30.4 Å². The zero-order valence-corrected chi connectivity index (χ0v) is 18.6. The van der Waals surface area contributed by atoms with E-state index in [9.17, 15) is 26.4 Å². The normalized spacial score (nSPS) is 16.6. The van der Waals surface area contributed by atoms with E-state index in [0.29, 0.717) is 11.3 Å². The Morgan fingerprint density at radius 2 is 1.56 bits per heavy atom. The molecule has 1 fully saturated rings. The van der Waals surface area contributed by atoms with Crippen LogP contribution in [0.4, 0.5) is 13.2 Å². The van der Waals surface area contributed by atoms with Crippen molar-refractivity contribution in [3.63, 3.8) is 0 Å². The number of rotatable bonds is 6. The molecule has 1 aliphatic rings. The Labute approximate surface area is 185 Å². The molecule has 10 heteroatoms. The Morgan fingerprint density at radius 1 is 1.00 bits per heavy atom. The number of piperazine rings is 1. The highest BCUT2D eigenvalue weighted by Crippen LogP contribution is 2.31. The first-order valence-corrected chi connectivity index (χ1v) is 11.6. The van der Waals surface area contributed by atoms with Crippen LogP contribution in [0.5, 0.6) is 5.75 Å². The largest absolute Gasteiger partial charge is 0.497 e. The van der Waals surface area contributed by atoms with E-state index in [1.165, 1.54) is 35.7 Å². The molecular formula is C22H25F3N2O4S. The lowest BCUT2D eigenvalue weighted by Crippen LogP contribution is -2.50. The minimum atomic E-state index is -4.40. The van der Waals surface area contributed by atoms with Crippen LogP contribution in [0.2, 0.25) is 0 Å². The topological polar surface area (TPSA) is 66.9 Å². The second kappa shape index (κ2) is 9.50. The van der Waals surface area contributed by atoms with Crippen molar-refractivity contribution in [3.05, 3.63) is 59.7 Å². The first kappa shape index (κ1) is 24.1. The SMILES string of the molecule is COc1ccc(S(=O)(=O)N2CCN(C(=O)CC(C)c3ccc(C(F)(F)F)cc3)CC2)cc1. The number of sulfonamides is 1. The van der Waals surface area contributed by atoms with Gasteiger partial charge in [-0.3, -0.25) is 4.79 Å². The molecule has 1 saturated heterocycles. The summed E-state index contributed by atoms with van der Waals surface area (Å²) in [4.78, 5) is 14.4. The van der Waals surface area contributed by atoms with Gasteiger partial charge < -0.3 is 9.64 Å². The van der Waals surface area contributed by atoms with E-state index in [2.05, 4.69) is 0 Å². The Balaban J connectivity index is 1.56. The highest BCUT2D eigenvalue weighted by Gasteiger charge is 2.32. The van der Waals surface area contributed by atoms with Gasteiger partial charge in [-0.25, -0.2) is 8.42 Å². The molecule has 1 unspecified atom stereocenters. The molecule has 1 atom stereocenters. The summed E-state index contributed by atoms with van der Waals surface area (Å²) >= 11 is 0. The molecule has 0 N–H and O–H groups in total. The highest BCUT2D eigenvalue weighted by atomic mass is 32.2. The van der Waals surface area contributed by atoms with Gasteiger partial charge in [0.2, 0.25) is 15.9 Å². The number of nitrogens with zero attached hydrogens (tertiary/aromatic N) is 2. The number of carbonyl (C=O) groups excluding carboxylic acids is 1. The fraction of sp³-hybridized carbons (Fsp3) is 0.409. The van der Waals surface area contributed by atoms with E-state index >= 15 is 0 Å². The number of ether oxygens (including phenoxy) is 1. The summed E-state index contributed by atoms with van der Waals surface area (Å²) in [6.07, 6.45) is -4.26. The Hall–Kier alpha value is -2.59. The molecule has 0 bridgehead atoms. The highest BCUT2D eigenvalue weighted by molar-refractivity contribution is 7.89. The molecule has 1 amide bonds. The van der Waals surface area contributed by atoms with E-state index in [-0.39, 0.29) is 49.3 Å². The van der Waals surface area contributed by atoms with Gasteiger partial charge in [-0.15, -0.1) is 0 Å². The maximum atomic E-state index is 12.8. The fourth-order valence-corrected chi connectivity index (χ4v) is 5.01. The van der Waals surface area contributed by atoms with E-state index in [1.54, 1.807) is 24.0 Å². The fourth-order valence-electron chi connectivity index (χ4n) is 3.58. The van der Waals surface area contributed by atoms with Crippen molar-refractivity contribution >= 4 is 15.9 Å². The zero-order valence-electron chi connectivity index (χ0n) is 17.8. The smallest absolute Gasteiger partial charge is 0.416 e. The van der Waals surface area contributed by atoms with Crippen LogP contribution in [0.3, 0.4) is 0 Å². The molecule has 3 rings (SSSR count). The molecular weight excluding hydrogens is 445 g/mol. The zero-order chi connectivity index (χ0) is 23.5. The first-order chi connectivity index (χ1) is 15.0. The summed E-state index contributed by atoms with van der Waals surface area (Å²) in [7, 11) is -2.17. The van der Waals surface area contributed by atoms with E-state index in [4.69, 9.17) is 4.74 Å². The van der Waals surface area contributed by atoms with Gasteiger partial charge in [-0.2, -0.15) is 17.5 Å². The third kappa shape index (κ3) is 5.42. The monoisotopic (exact) mass is 470 g/mol. The van der Waals surface area contributed by atoms with Gasteiger partial charge in [-0.1, -0.05) is 19.1 Å². The van der Waals surface area contributed by atoms with Crippen molar-refractivity contribution in [2.75, 3.05) is 33.3 Å². The predicted molar refractivity (Wildman–Crippen MR) is 113 cm³/mol. The van der Waals surface area contributed by atoms with Crippen LogP contribution in [0, 0.1) is 0 Å². The van der Waals surface area contributed by atoms with E-state index in [1.807, 2.05) is 0 Å². The number of carbonyl (C=O) groups is 1. The second-order valence-electron chi connectivity index (χ2n) is 7.69. The lowest BCUT2D eigenvalue weighted by Gasteiger charge is -2.34. The van der Waals surface area contributed by atoms with Crippen molar-refractivity contribution < 1.29 is 31.1 Å². The number of alkyl halides is 3. The van der Waals surface area contributed by atoms with Crippen LogP contribution in [-0.2, 0) is 21.0 Å². The Kier molecular flexibility index (Phi) is 7.14. The third-order valence-corrected chi connectivity index (χ3v) is 7.49. The van der Waals surface area contributed by atoms with Gasteiger partial charge in [0.25, 0.3) is 0 Å².